The molecule has 0 saturated carbocycles. The fraction of sp³-hybridized carbons (Fsp3) is 0.0435. The molecular formula is C23H20O3. The van der Waals surface area contributed by atoms with E-state index in [4.69, 9.17) is 0 Å². The van der Waals surface area contributed by atoms with Crippen molar-refractivity contribution < 1.29 is 15.3 Å². The van der Waals surface area contributed by atoms with Gasteiger partial charge in [0.25, 0.3) is 0 Å². The van der Waals surface area contributed by atoms with Gasteiger partial charge in [-0.1, -0.05) is 66.3 Å². The van der Waals surface area contributed by atoms with Gasteiger partial charge < -0.3 is 15.3 Å². The van der Waals surface area contributed by atoms with Crippen LogP contribution in [0.4, 0.5) is 0 Å². The van der Waals surface area contributed by atoms with Crippen LogP contribution in [0.2, 0.25) is 0 Å². The molecule has 0 bridgehead atoms. The van der Waals surface area contributed by atoms with Gasteiger partial charge in [0.2, 0.25) is 0 Å². The molecule has 3 rings (SSSR count). The Kier molecular flexibility index (Phi) is 5.09. The van der Waals surface area contributed by atoms with E-state index >= 15 is 0 Å². The van der Waals surface area contributed by atoms with E-state index in [2.05, 4.69) is 0 Å². The second-order valence-electron chi connectivity index (χ2n) is 6.14. The zero-order chi connectivity index (χ0) is 18.5. The first-order valence-corrected chi connectivity index (χ1v) is 8.29. The molecule has 0 aromatic heterocycles. The molecule has 26 heavy (non-hydrogen) atoms. The quantitative estimate of drug-likeness (QED) is 0.551. The summed E-state index contributed by atoms with van der Waals surface area (Å²) in [4.78, 5) is 0. The van der Waals surface area contributed by atoms with Crippen molar-refractivity contribution in [3.63, 3.8) is 0 Å². The predicted octanol–water partition coefficient (Wildman–Crippen LogP) is 5.45. The SMILES string of the molecule is Cc1ccc(/C=C/c2cc(/C=C/c3ccc(O)cc3)c(O)cc2O)cc1. The largest absolute Gasteiger partial charge is 0.508 e. The lowest BCUT2D eigenvalue weighted by Crippen LogP contribution is -1.81. The molecule has 0 aliphatic heterocycles. The highest BCUT2D eigenvalue weighted by atomic mass is 16.3. The third kappa shape index (κ3) is 4.33. The van der Waals surface area contributed by atoms with E-state index in [1.165, 1.54) is 11.6 Å². The summed E-state index contributed by atoms with van der Waals surface area (Å²) in [5.41, 5.74) is 4.33. The van der Waals surface area contributed by atoms with Gasteiger partial charge in [-0.15, -0.1) is 0 Å². The van der Waals surface area contributed by atoms with E-state index in [1.54, 1.807) is 36.4 Å². The summed E-state index contributed by atoms with van der Waals surface area (Å²) in [5.74, 6) is 0.232. The second-order valence-corrected chi connectivity index (χ2v) is 6.14. The maximum atomic E-state index is 10.1. The number of hydrogen-bond acceptors (Lipinski definition) is 3. The van der Waals surface area contributed by atoms with Gasteiger partial charge in [0, 0.05) is 17.2 Å². The standard InChI is InChI=1S/C23H20O3/c1-16-2-4-17(5-3-16)6-10-19-14-20(23(26)15-22(19)25)11-7-18-8-12-21(24)13-9-18/h2-15,24-26H,1H3/b10-6+,11-7+. The van der Waals surface area contributed by atoms with Crippen LogP contribution in [0.25, 0.3) is 24.3 Å². The van der Waals surface area contributed by atoms with E-state index in [9.17, 15) is 15.3 Å². The van der Waals surface area contributed by atoms with Crippen molar-refractivity contribution >= 4 is 24.3 Å². The minimum Gasteiger partial charge on any atom is -0.508 e. The van der Waals surface area contributed by atoms with Crippen molar-refractivity contribution in [1.82, 2.24) is 0 Å². The van der Waals surface area contributed by atoms with Crippen LogP contribution in [0, 0.1) is 6.92 Å². The third-order valence-electron chi connectivity index (χ3n) is 4.06. The Morgan fingerprint density at radius 3 is 1.54 bits per heavy atom. The molecule has 0 unspecified atom stereocenters. The van der Waals surface area contributed by atoms with Gasteiger partial charge in [0.05, 0.1) is 0 Å². The van der Waals surface area contributed by atoms with Crippen molar-refractivity contribution in [1.29, 1.82) is 0 Å². The van der Waals surface area contributed by atoms with Crippen LogP contribution < -0.4 is 0 Å². The van der Waals surface area contributed by atoms with E-state index in [0.29, 0.717) is 11.1 Å². The Morgan fingerprint density at radius 1 is 0.577 bits per heavy atom. The molecule has 0 spiro atoms. The van der Waals surface area contributed by atoms with Gasteiger partial charge in [-0.25, -0.2) is 0 Å². The first-order valence-electron chi connectivity index (χ1n) is 8.29. The molecule has 0 fully saturated rings. The summed E-state index contributed by atoms with van der Waals surface area (Å²) < 4.78 is 0. The Hall–Kier alpha value is -3.46. The highest BCUT2D eigenvalue weighted by Gasteiger charge is 2.05. The van der Waals surface area contributed by atoms with Gasteiger partial charge in [-0.2, -0.15) is 0 Å². The Morgan fingerprint density at radius 2 is 1.04 bits per heavy atom. The highest BCUT2D eigenvalue weighted by Crippen LogP contribution is 2.30. The summed E-state index contributed by atoms with van der Waals surface area (Å²) in [7, 11) is 0. The van der Waals surface area contributed by atoms with Crippen LogP contribution in [0.5, 0.6) is 17.2 Å². The van der Waals surface area contributed by atoms with Crippen LogP contribution in [-0.2, 0) is 0 Å². The van der Waals surface area contributed by atoms with Crippen molar-refractivity contribution in [2.24, 2.45) is 0 Å². The normalized spacial score (nSPS) is 11.4. The van der Waals surface area contributed by atoms with Crippen LogP contribution in [0.15, 0.2) is 60.7 Å². The average molecular weight is 344 g/mol. The third-order valence-corrected chi connectivity index (χ3v) is 4.06. The van der Waals surface area contributed by atoms with E-state index in [0.717, 1.165) is 11.1 Å². The summed E-state index contributed by atoms with van der Waals surface area (Å²) in [6, 6.07) is 17.9. The average Bonchev–Trinajstić information content (AvgIpc) is 2.63. The van der Waals surface area contributed by atoms with Gasteiger partial charge in [-0.05, 0) is 36.2 Å². The van der Waals surface area contributed by atoms with Crippen LogP contribution in [-0.4, -0.2) is 15.3 Å². The molecule has 3 aromatic rings. The zero-order valence-electron chi connectivity index (χ0n) is 14.4. The lowest BCUT2D eigenvalue weighted by Gasteiger charge is -2.05. The summed E-state index contributed by atoms with van der Waals surface area (Å²) in [6.07, 6.45) is 7.33. The van der Waals surface area contributed by atoms with Crippen molar-refractivity contribution in [2.45, 2.75) is 6.92 Å². The fourth-order valence-corrected chi connectivity index (χ4v) is 2.51. The Labute approximate surface area is 152 Å². The number of rotatable bonds is 4. The monoisotopic (exact) mass is 344 g/mol. The predicted molar refractivity (Wildman–Crippen MR) is 107 cm³/mol. The zero-order valence-corrected chi connectivity index (χ0v) is 14.4. The van der Waals surface area contributed by atoms with Crippen LogP contribution in [0.3, 0.4) is 0 Å². The topological polar surface area (TPSA) is 60.7 Å². The Bertz CT molecular complexity index is 873. The van der Waals surface area contributed by atoms with Gasteiger partial charge in [0.15, 0.2) is 0 Å². The number of benzene rings is 3. The Balaban J connectivity index is 1.86. The van der Waals surface area contributed by atoms with Crippen molar-refractivity contribution in [3.8, 4) is 17.2 Å². The minimum absolute atomic E-state index is 0.00464. The van der Waals surface area contributed by atoms with Gasteiger partial charge >= 0.3 is 0 Å². The second kappa shape index (κ2) is 7.62. The molecule has 0 amide bonds. The molecule has 0 radical (unpaired) electrons. The van der Waals surface area contributed by atoms with Crippen LogP contribution >= 0.6 is 0 Å². The molecule has 0 saturated heterocycles. The first kappa shape index (κ1) is 17.4. The molecule has 0 aliphatic rings. The summed E-state index contributed by atoms with van der Waals surface area (Å²) in [6.45, 7) is 2.03. The van der Waals surface area contributed by atoms with Crippen molar-refractivity contribution in [3.05, 3.63) is 88.5 Å². The molecule has 3 nitrogen and oxygen atoms in total. The molecule has 3 aromatic carbocycles. The maximum Gasteiger partial charge on any atom is 0.126 e. The number of aromatic hydroxyl groups is 3. The lowest BCUT2D eigenvalue weighted by molar-refractivity contribution is 0.449. The van der Waals surface area contributed by atoms with E-state index < -0.39 is 0 Å². The van der Waals surface area contributed by atoms with Gasteiger partial charge in [-0.3, -0.25) is 0 Å². The molecule has 0 atom stereocenters. The lowest BCUT2D eigenvalue weighted by atomic mass is 10.0. The molecular weight excluding hydrogens is 324 g/mol. The van der Waals surface area contributed by atoms with E-state index in [-0.39, 0.29) is 17.2 Å². The molecule has 130 valence electrons. The number of hydrogen-bond donors (Lipinski definition) is 3. The molecule has 3 N–H and O–H groups in total. The first-order chi connectivity index (χ1) is 12.5. The number of aryl methyl sites for hydroxylation is 1. The minimum atomic E-state index is 0.00464. The molecule has 3 heteroatoms. The van der Waals surface area contributed by atoms with Crippen LogP contribution in [0.1, 0.15) is 27.8 Å². The summed E-state index contributed by atoms with van der Waals surface area (Å²) in [5, 5.41) is 29.5. The number of phenols is 3. The van der Waals surface area contributed by atoms with Gasteiger partial charge in [0.1, 0.15) is 17.2 Å². The smallest absolute Gasteiger partial charge is 0.126 e. The van der Waals surface area contributed by atoms with Crippen molar-refractivity contribution in [2.75, 3.05) is 0 Å². The highest BCUT2D eigenvalue weighted by molar-refractivity contribution is 5.78. The molecule has 0 heterocycles. The molecule has 0 aliphatic carbocycles. The maximum absolute atomic E-state index is 10.1. The fourth-order valence-electron chi connectivity index (χ4n) is 2.51. The summed E-state index contributed by atoms with van der Waals surface area (Å²) >= 11 is 0. The van der Waals surface area contributed by atoms with E-state index in [1.807, 2.05) is 49.4 Å². The number of phenolic OH excluding ortho intramolecular Hbond substituents is 3.